The highest BCUT2D eigenvalue weighted by Crippen LogP contribution is 2.88. The maximum absolute atomic E-state index is 1.68. The van der Waals surface area contributed by atoms with Gasteiger partial charge in [-0.05, 0) is 60.2 Å². The molecular formula is C10H12. The Bertz CT molecular complexity index is 201. The maximum atomic E-state index is 1.68. The van der Waals surface area contributed by atoms with Gasteiger partial charge in [-0.15, -0.1) is 0 Å². The molecule has 0 aromatic rings. The van der Waals surface area contributed by atoms with E-state index in [0.29, 0.717) is 0 Å². The van der Waals surface area contributed by atoms with E-state index in [1.54, 1.807) is 12.8 Å². The summed E-state index contributed by atoms with van der Waals surface area (Å²) < 4.78 is 0. The van der Waals surface area contributed by atoms with Gasteiger partial charge in [0.1, 0.15) is 0 Å². The molecule has 0 saturated heterocycles. The summed E-state index contributed by atoms with van der Waals surface area (Å²) in [7, 11) is 0. The Hall–Kier alpha value is 0. The highest BCUT2D eigenvalue weighted by Gasteiger charge is 2.83. The van der Waals surface area contributed by atoms with E-state index in [9.17, 15) is 0 Å². The van der Waals surface area contributed by atoms with Gasteiger partial charge in [-0.2, -0.15) is 0 Å². The Balaban J connectivity index is 1.94. The summed E-state index contributed by atoms with van der Waals surface area (Å²) in [5.74, 6) is 10.3. The molecule has 0 aromatic heterocycles. The van der Waals surface area contributed by atoms with E-state index in [1.807, 2.05) is 0 Å². The molecule has 0 spiro atoms. The van der Waals surface area contributed by atoms with Crippen LogP contribution in [0.3, 0.4) is 0 Å². The normalized spacial score (nSPS) is 91.2. The molecule has 6 rings (SSSR count). The van der Waals surface area contributed by atoms with Crippen LogP contribution in [0.25, 0.3) is 0 Å². The molecule has 0 aromatic carbocycles. The molecule has 0 radical (unpaired) electrons. The van der Waals surface area contributed by atoms with Crippen LogP contribution in [0.2, 0.25) is 0 Å². The molecule has 6 aliphatic carbocycles. The molecule has 52 valence electrons. The summed E-state index contributed by atoms with van der Waals surface area (Å²) in [6.45, 7) is 0. The molecule has 6 saturated carbocycles. The Morgan fingerprint density at radius 2 is 1.00 bits per heavy atom. The number of rotatable bonds is 0. The highest BCUT2D eigenvalue weighted by atomic mass is 14.9. The van der Waals surface area contributed by atoms with Crippen molar-refractivity contribution in [2.45, 2.75) is 12.8 Å². The molecule has 0 nitrogen and oxygen atoms in total. The molecule has 8 atom stereocenters. The van der Waals surface area contributed by atoms with Crippen molar-refractivity contribution < 1.29 is 0 Å². The first-order valence-corrected chi connectivity index (χ1v) is 4.97. The first kappa shape index (κ1) is 4.13. The van der Waals surface area contributed by atoms with Crippen LogP contribution in [0.4, 0.5) is 0 Å². The van der Waals surface area contributed by atoms with Crippen LogP contribution in [0.15, 0.2) is 0 Å². The van der Waals surface area contributed by atoms with Crippen LogP contribution < -0.4 is 0 Å². The van der Waals surface area contributed by atoms with Crippen molar-refractivity contribution in [3.8, 4) is 0 Å². The summed E-state index contributed by atoms with van der Waals surface area (Å²) in [4.78, 5) is 0. The van der Waals surface area contributed by atoms with E-state index >= 15 is 0 Å². The monoisotopic (exact) mass is 132 g/mol. The second kappa shape index (κ2) is 0.852. The second-order valence-corrected chi connectivity index (χ2v) is 5.44. The zero-order valence-electron chi connectivity index (χ0n) is 6.03. The van der Waals surface area contributed by atoms with Crippen molar-refractivity contribution in [2.24, 2.45) is 47.3 Å². The SMILES string of the molecule is C1[C@@H]2[C@H]3[C@H]4C[C@H]5[C@@H]([C@@H]14)[C@@H]2[C@@H]53. The van der Waals surface area contributed by atoms with Gasteiger partial charge in [0.2, 0.25) is 0 Å². The van der Waals surface area contributed by atoms with E-state index in [-0.39, 0.29) is 0 Å². The van der Waals surface area contributed by atoms with Crippen LogP contribution in [0.1, 0.15) is 12.8 Å². The Morgan fingerprint density at radius 1 is 0.500 bits per heavy atom. The summed E-state index contributed by atoms with van der Waals surface area (Å²) in [5, 5.41) is 0. The minimum Gasteiger partial charge on any atom is -0.0465 e. The van der Waals surface area contributed by atoms with E-state index in [1.165, 1.54) is 47.3 Å². The minimum atomic E-state index is 1.27. The largest absolute Gasteiger partial charge is 0.0465 e. The van der Waals surface area contributed by atoms with Crippen LogP contribution in [-0.2, 0) is 0 Å². The van der Waals surface area contributed by atoms with E-state index in [4.69, 9.17) is 0 Å². The third-order valence-electron chi connectivity index (χ3n) is 5.94. The summed E-state index contributed by atoms with van der Waals surface area (Å²) >= 11 is 0. The van der Waals surface area contributed by atoms with Gasteiger partial charge in [-0.3, -0.25) is 0 Å². The van der Waals surface area contributed by atoms with Gasteiger partial charge in [0.15, 0.2) is 0 Å². The molecule has 10 heavy (non-hydrogen) atoms. The third-order valence-corrected chi connectivity index (χ3v) is 5.94. The van der Waals surface area contributed by atoms with Crippen molar-refractivity contribution in [3.63, 3.8) is 0 Å². The van der Waals surface area contributed by atoms with Crippen molar-refractivity contribution in [3.05, 3.63) is 0 Å². The average Bonchev–Trinajstić information content (AvgIpc) is 2.32. The third kappa shape index (κ3) is 0.170. The fourth-order valence-corrected chi connectivity index (χ4v) is 6.15. The van der Waals surface area contributed by atoms with E-state index in [0.717, 1.165) is 0 Å². The van der Waals surface area contributed by atoms with Gasteiger partial charge < -0.3 is 0 Å². The fourth-order valence-electron chi connectivity index (χ4n) is 6.15. The van der Waals surface area contributed by atoms with Crippen LogP contribution in [-0.4, -0.2) is 0 Å². The molecule has 0 N–H and O–H groups in total. The molecular weight excluding hydrogens is 120 g/mol. The van der Waals surface area contributed by atoms with Gasteiger partial charge in [0.25, 0.3) is 0 Å². The standard InChI is InChI=1S/C10H12/c1-3-4-2-6-7(3)9-5(1)8(4)10(6)9/h3-10H,1-2H2/t3-,4-,5-,6+,7+,8+,9-,10+/m0/s1. The molecule has 4 bridgehead atoms. The van der Waals surface area contributed by atoms with Crippen molar-refractivity contribution in [1.82, 2.24) is 0 Å². The molecule has 6 fully saturated rings. The second-order valence-electron chi connectivity index (χ2n) is 5.44. The smallest absolute Gasteiger partial charge is 0.0315 e. The number of hydrogen-bond donors (Lipinski definition) is 0. The molecule has 0 heterocycles. The topological polar surface area (TPSA) is 0 Å². The lowest BCUT2D eigenvalue weighted by Gasteiger charge is -2.63. The van der Waals surface area contributed by atoms with Gasteiger partial charge in [0, 0.05) is 0 Å². The lowest BCUT2D eigenvalue weighted by molar-refractivity contribution is -0.169. The molecule has 0 aliphatic heterocycles. The zero-order chi connectivity index (χ0) is 6.03. The summed E-state index contributed by atoms with van der Waals surface area (Å²) in [6.07, 6.45) is 3.36. The van der Waals surface area contributed by atoms with Crippen LogP contribution >= 0.6 is 0 Å². The lowest BCUT2D eigenvalue weighted by Crippen LogP contribution is -2.60. The summed E-state index contributed by atoms with van der Waals surface area (Å²) in [5.41, 5.74) is 0. The highest BCUT2D eigenvalue weighted by molar-refractivity contribution is 5.30. The lowest BCUT2D eigenvalue weighted by atomic mass is 9.41. The van der Waals surface area contributed by atoms with Crippen LogP contribution in [0.5, 0.6) is 0 Å². The van der Waals surface area contributed by atoms with Gasteiger partial charge >= 0.3 is 0 Å². The zero-order valence-corrected chi connectivity index (χ0v) is 6.03. The maximum Gasteiger partial charge on any atom is -0.0315 e. The van der Waals surface area contributed by atoms with Crippen molar-refractivity contribution in [1.29, 1.82) is 0 Å². The fraction of sp³-hybridized carbons (Fsp3) is 1.00. The van der Waals surface area contributed by atoms with Gasteiger partial charge in [-0.25, -0.2) is 0 Å². The molecule has 0 amide bonds. The first-order chi connectivity index (χ1) is 4.97. The Kier molecular flexibility index (Phi) is 0.352. The van der Waals surface area contributed by atoms with Gasteiger partial charge in [-0.1, -0.05) is 0 Å². The first-order valence-electron chi connectivity index (χ1n) is 4.97. The minimum absolute atomic E-state index is 1.27. The predicted octanol–water partition coefficient (Wildman–Crippen LogP) is 1.76. The van der Waals surface area contributed by atoms with E-state index < -0.39 is 0 Å². The Morgan fingerprint density at radius 3 is 1.40 bits per heavy atom. The van der Waals surface area contributed by atoms with Crippen molar-refractivity contribution >= 4 is 0 Å². The van der Waals surface area contributed by atoms with Crippen molar-refractivity contribution in [2.75, 3.05) is 0 Å². The summed E-state index contributed by atoms with van der Waals surface area (Å²) in [6, 6.07) is 0. The van der Waals surface area contributed by atoms with E-state index in [2.05, 4.69) is 0 Å². The molecule has 0 heteroatoms. The van der Waals surface area contributed by atoms with Crippen LogP contribution in [0, 0.1) is 47.3 Å². The number of hydrogen-bond acceptors (Lipinski definition) is 0. The quantitative estimate of drug-likeness (QED) is 0.471. The molecule has 0 unspecified atom stereocenters. The predicted molar refractivity (Wildman–Crippen MR) is 37.2 cm³/mol. The Labute approximate surface area is 61.0 Å². The molecule has 6 aliphatic rings. The average molecular weight is 132 g/mol. The van der Waals surface area contributed by atoms with Gasteiger partial charge in [0.05, 0.1) is 0 Å².